The smallest absolute Gasteiger partial charge is 0.322 e. The van der Waals surface area contributed by atoms with Crippen LogP contribution in [0.4, 0.5) is 18.9 Å². The number of halogens is 3. The van der Waals surface area contributed by atoms with Crippen LogP contribution in [0.25, 0.3) is 0 Å². The molecule has 9 heteroatoms. The maximum absolute atomic E-state index is 12.6. The van der Waals surface area contributed by atoms with Crippen LogP contribution in [0.2, 0.25) is 0 Å². The highest BCUT2D eigenvalue weighted by Crippen LogP contribution is 2.29. The fraction of sp³-hybridized carbons (Fsp3) is 0.235. The molecule has 2 aromatic rings. The lowest BCUT2D eigenvalue weighted by Crippen LogP contribution is -2.25. The van der Waals surface area contributed by atoms with Crippen molar-refractivity contribution >= 4 is 21.6 Å². The van der Waals surface area contributed by atoms with E-state index in [9.17, 15) is 26.4 Å². The molecule has 0 bridgehead atoms. The molecule has 0 radical (unpaired) electrons. The minimum absolute atomic E-state index is 0.00891. The van der Waals surface area contributed by atoms with Crippen molar-refractivity contribution in [3.8, 4) is 0 Å². The number of rotatable bonds is 5. The summed E-state index contributed by atoms with van der Waals surface area (Å²) >= 11 is 0. The molecule has 0 unspecified atom stereocenters. The Kier molecular flexibility index (Phi) is 4.76. The molecule has 26 heavy (non-hydrogen) atoms. The van der Waals surface area contributed by atoms with E-state index in [0.29, 0.717) is 0 Å². The number of hydrogen-bond donors (Lipinski definition) is 2. The molecular weight excluding hydrogens is 369 g/mol. The Labute approximate surface area is 148 Å². The van der Waals surface area contributed by atoms with Crippen LogP contribution in [0, 0.1) is 0 Å². The Morgan fingerprint density at radius 1 is 1.04 bits per heavy atom. The molecule has 0 heterocycles. The zero-order valence-electron chi connectivity index (χ0n) is 13.4. The normalized spacial score (nSPS) is 14.9. The van der Waals surface area contributed by atoms with E-state index in [1.807, 2.05) is 0 Å². The quantitative estimate of drug-likeness (QED) is 0.830. The standard InChI is InChI=1S/C17H15F3N2O3S/c18-17(19,20)12-6-4-11(5-7-12)16(23)21-14-2-1-3-15(10-14)26(24,25)22-13-8-9-13/h1-7,10,13,22H,8-9H2,(H,21,23). The average Bonchev–Trinajstić information content (AvgIpc) is 3.38. The SMILES string of the molecule is O=C(Nc1cccc(S(=O)(=O)NC2CC2)c1)c1ccc(C(F)(F)F)cc1. The fourth-order valence-electron chi connectivity index (χ4n) is 2.24. The predicted octanol–water partition coefficient (Wildman–Crippen LogP) is 3.40. The molecule has 0 spiro atoms. The Balaban J connectivity index is 1.74. The zero-order valence-corrected chi connectivity index (χ0v) is 14.2. The van der Waals surface area contributed by atoms with Crippen LogP contribution in [0.5, 0.6) is 0 Å². The molecule has 2 N–H and O–H groups in total. The lowest BCUT2D eigenvalue weighted by molar-refractivity contribution is -0.137. The van der Waals surface area contributed by atoms with E-state index in [2.05, 4.69) is 10.0 Å². The number of sulfonamides is 1. The van der Waals surface area contributed by atoms with Gasteiger partial charge >= 0.3 is 6.18 Å². The molecule has 0 saturated heterocycles. The number of anilines is 1. The summed E-state index contributed by atoms with van der Waals surface area (Å²) < 4.78 is 64.6. The first kappa shape index (κ1) is 18.4. The van der Waals surface area contributed by atoms with Crippen molar-refractivity contribution in [1.29, 1.82) is 0 Å². The second kappa shape index (κ2) is 6.73. The van der Waals surface area contributed by atoms with Gasteiger partial charge < -0.3 is 5.32 Å². The maximum Gasteiger partial charge on any atom is 0.416 e. The number of carbonyl (C=O) groups is 1. The van der Waals surface area contributed by atoms with E-state index >= 15 is 0 Å². The number of carbonyl (C=O) groups excluding carboxylic acids is 1. The molecule has 138 valence electrons. The van der Waals surface area contributed by atoms with Crippen LogP contribution in [-0.4, -0.2) is 20.4 Å². The average molecular weight is 384 g/mol. The van der Waals surface area contributed by atoms with Crippen molar-refractivity contribution in [2.45, 2.75) is 30.0 Å². The van der Waals surface area contributed by atoms with Crippen molar-refractivity contribution < 1.29 is 26.4 Å². The third-order valence-corrected chi connectivity index (χ3v) is 5.29. The van der Waals surface area contributed by atoms with Crippen LogP contribution in [0.3, 0.4) is 0 Å². The summed E-state index contributed by atoms with van der Waals surface area (Å²) in [6, 6.07) is 9.38. The van der Waals surface area contributed by atoms with E-state index in [4.69, 9.17) is 0 Å². The van der Waals surface area contributed by atoms with E-state index in [0.717, 1.165) is 37.1 Å². The maximum atomic E-state index is 12.6. The molecule has 1 amide bonds. The summed E-state index contributed by atoms with van der Waals surface area (Å²) in [5.41, 5.74) is -0.593. The Morgan fingerprint density at radius 3 is 2.27 bits per heavy atom. The second-order valence-electron chi connectivity index (χ2n) is 5.95. The summed E-state index contributed by atoms with van der Waals surface area (Å²) in [7, 11) is -3.67. The molecule has 1 aliphatic carbocycles. The van der Waals surface area contributed by atoms with Gasteiger partial charge in [-0.25, -0.2) is 13.1 Å². The second-order valence-corrected chi connectivity index (χ2v) is 7.67. The van der Waals surface area contributed by atoms with Gasteiger partial charge in [-0.1, -0.05) is 6.07 Å². The van der Waals surface area contributed by atoms with Gasteiger partial charge in [0.15, 0.2) is 0 Å². The highest BCUT2D eigenvalue weighted by atomic mass is 32.2. The summed E-state index contributed by atoms with van der Waals surface area (Å²) in [5.74, 6) is -0.636. The summed E-state index contributed by atoms with van der Waals surface area (Å²) in [6.45, 7) is 0. The molecule has 0 atom stereocenters. The van der Waals surface area contributed by atoms with Gasteiger partial charge in [0.25, 0.3) is 5.91 Å². The van der Waals surface area contributed by atoms with Gasteiger partial charge in [0.05, 0.1) is 10.5 Å². The first-order chi connectivity index (χ1) is 12.1. The molecule has 0 aromatic heterocycles. The van der Waals surface area contributed by atoms with Gasteiger partial charge in [-0.2, -0.15) is 13.2 Å². The van der Waals surface area contributed by atoms with Gasteiger partial charge in [-0.15, -0.1) is 0 Å². The highest BCUT2D eigenvalue weighted by Gasteiger charge is 2.30. The zero-order chi connectivity index (χ0) is 18.9. The molecule has 0 aliphatic heterocycles. The summed E-state index contributed by atoms with van der Waals surface area (Å²) in [5, 5.41) is 2.49. The number of alkyl halides is 3. The Hall–Kier alpha value is -2.39. The molecule has 1 fully saturated rings. The molecule has 2 aromatic carbocycles. The van der Waals surface area contributed by atoms with Gasteiger partial charge in [0, 0.05) is 17.3 Å². The lowest BCUT2D eigenvalue weighted by atomic mass is 10.1. The van der Waals surface area contributed by atoms with Crippen LogP contribution in [0.1, 0.15) is 28.8 Å². The van der Waals surface area contributed by atoms with Crippen molar-refractivity contribution in [3.05, 3.63) is 59.7 Å². The number of benzene rings is 2. The highest BCUT2D eigenvalue weighted by molar-refractivity contribution is 7.89. The predicted molar refractivity (Wildman–Crippen MR) is 89.2 cm³/mol. The minimum Gasteiger partial charge on any atom is -0.322 e. The van der Waals surface area contributed by atoms with Crippen LogP contribution < -0.4 is 10.0 Å². The Morgan fingerprint density at radius 2 is 1.69 bits per heavy atom. The van der Waals surface area contributed by atoms with Gasteiger partial charge in [0.1, 0.15) is 0 Å². The first-order valence-electron chi connectivity index (χ1n) is 7.76. The van der Waals surface area contributed by atoms with Crippen molar-refractivity contribution in [2.75, 3.05) is 5.32 Å². The fourth-order valence-corrected chi connectivity index (χ4v) is 3.59. The van der Waals surface area contributed by atoms with Crippen LogP contribution in [-0.2, 0) is 16.2 Å². The summed E-state index contributed by atoms with van der Waals surface area (Å²) in [4.78, 5) is 12.2. The van der Waals surface area contributed by atoms with Crippen LogP contribution in [0.15, 0.2) is 53.4 Å². The summed E-state index contributed by atoms with van der Waals surface area (Å²) in [6.07, 6.45) is -2.89. The van der Waals surface area contributed by atoms with Crippen molar-refractivity contribution in [3.63, 3.8) is 0 Å². The molecule has 5 nitrogen and oxygen atoms in total. The van der Waals surface area contributed by atoms with Crippen molar-refractivity contribution in [1.82, 2.24) is 4.72 Å². The number of nitrogens with one attached hydrogen (secondary N) is 2. The van der Waals surface area contributed by atoms with E-state index < -0.39 is 27.7 Å². The molecular formula is C17H15F3N2O3S. The topological polar surface area (TPSA) is 75.3 Å². The number of hydrogen-bond acceptors (Lipinski definition) is 3. The van der Waals surface area contributed by atoms with Gasteiger partial charge in [0.2, 0.25) is 10.0 Å². The largest absolute Gasteiger partial charge is 0.416 e. The number of amides is 1. The monoisotopic (exact) mass is 384 g/mol. The van der Waals surface area contributed by atoms with E-state index in [-0.39, 0.29) is 22.2 Å². The van der Waals surface area contributed by atoms with Crippen molar-refractivity contribution in [2.24, 2.45) is 0 Å². The minimum atomic E-state index is -4.48. The molecule has 3 rings (SSSR count). The van der Waals surface area contributed by atoms with Crippen LogP contribution >= 0.6 is 0 Å². The first-order valence-corrected chi connectivity index (χ1v) is 9.24. The third kappa shape index (κ3) is 4.41. The van der Waals surface area contributed by atoms with Gasteiger partial charge in [-0.3, -0.25) is 4.79 Å². The molecule has 1 saturated carbocycles. The third-order valence-electron chi connectivity index (χ3n) is 3.78. The van der Waals surface area contributed by atoms with E-state index in [1.54, 1.807) is 0 Å². The lowest BCUT2D eigenvalue weighted by Gasteiger charge is -2.10. The van der Waals surface area contributed by atoms with E-state index in [1.165, 1.54) is 24.3 Å². The molecule has 1 aliphatic rings. The van der Waals surface area contributed by atoms with Gasteiger partial charge in [-0.05, 0) is 55.3 Å². The Bertz CT molecular complexity index is 921.